The number of carbonyl (C=O) groups is 2. The summed E-state index contributed by atoms with van der Waals surface area (Å²) in [5.74, 6) is 0.912. The van der Waals surface area contributed by atoms with Crippen molar-refractivity contribution in [2.75, 3.05) is 13.1 Å². The highest BCUT2D eigenvalue weighted by atomic mass is 16.2. The number of aryl methyl sites for hydroxylation is 2. The van der Waals surface area contributed by atoms with Crippen LogP contribution < -0.4 is 5.32 Å². The van der Waals surface area contributed by atoms with E-state index in [-0.39, 0.29) is 17.9 Å². The van der Waals surface area contributed by atoms with Crippen molar-refractivity contribution in [3.8, 4) is 0 Å². The van der Waals surface area contributed by atoms with Crippen LogP contribution in [0.1, 0.15) is 34.6 Å². The molecule has 1 saturated heterocycles. The third-order valence-corrected chi connectivity index (χ3v) is 4.80. The molecule has 0 aliphatic carbocycles. The van der Waals surface area contributed by atoms with Gasteiger partial charge in [-0.05, 0) is 38.3 Å². The van der Waals surface area contributed by atoms with Crippen molar-refractivity contribution in [3.63, 3.8) is 0 Å². The Labute approximate surface area is 147 Å². The number of likely N-dealkylation sites (tertiary alicyclic amines) is 1. The first-order valence-electron chi connectivity index (χ1n) is 8.66. The second kappa shape index (κ2) is 7.51. The zero-order valence-electron chi connectivity index (χ0n) is 14.7. The fourth-order valence-corrected chi connectivity index (χ4v) is 3.18. The fourth-order valence-electron chi connectivity index (χ4n) is 3.18. The van der Waals surface area contributed by atoms with Gasteiger partial charge in [0, 0.05) is 37.1 Å². The van der Waals surface area contributed by atoms with Crippen LogP contribution in [0.5, 0.6) is 0 Å². The molecule has 0 saturated carbocycles. The molecule has 0 bridgehead atoms. The molecule has 132 valence electrons. The molecular weight excluding hydrogens is 316 g/mol. The van der Waals surface area contributed by atoms with Crippen LogP contribution >= 0.6 is 0 Å². The maximum atomic E-state index is 12.4. The number of piperidine rings is 1. The summed E-state index contributed by atoms with van der Waals surface area (Å²) in [6.07, 6.45) is 5.09. The maximum Gasteiger partial charge on any atom is 0.251 e. The van der Waals surface area contributed by atoms with Crippen molar-refractivity contribution in [2.24, 2.45) is 0 Å². The Bertz CT molecular complexity index is 760. The van der Waals surface area contributed by atoms with Gasteiger partial charge in [-0.25, -0.2) is 4.98 Å². The molecule has 6 nitrogen and oxygen atoms in total. The summed E-state index contributed by atoms with van der Waals surface area (Å²) in [5.41, 5.74) is 1.69. The molecule has 0 unspecified atom stereocenters. The molecule has 1 fully saturated rings. The van der Waals surface area contributed by atoms with Gasteiger partial charge < -0.3 is 14.8 Å². The van der Waals surface area contributed by atoms with Crippen LogP contribution in [0.25, 0.3) is 0 Å². The third kappa shape index (κ3) is 4.07. The molecular formula is C19H24N4O2. The van der Waals surface area contributed by atoms with Gasteiger partial charge in [0.05, 0.1) is 0 Å². The highest BCUT2D eigenvalue weighted by Crippen LogP contribution is 2.14. The Morgan fingerprint density at radius 1 is 1.20 bits per heavy atom. The van der Waals surface area contributed by atoms with Crippen molar-refractivity contribution in [3.05, 3.63) is 53.6 Å². The first kappa shape index (κ1) is 17.2. The smallest absolute Gasteiger partial charge is 0.251 e. The SMILES string of the molecule is Cc1ccccc1C(=O)NC1CCN(C(=O)Cn2ccnc2C)CC1. The summed E-state index contributed by atoms with van der Waals surface area (Å²) in [6.45, 7) is 5.50. The lowest BCUT2D eigenvalue weighted by Crippen LogP contribution is -2.47. The minimum Gasteiger partial charge on any atom is -0.349 e. The van der Waals surface area contributed by atoms with Gasteiger partial charge in [-0.15, -0.1) is 0 Å². The number of hydrogen-bond acceptors (Lipinski definition) is 3. The van der Waals surface area contributed by atoms with Gasteiger partial charge in [0.2, 0.25) is 5.91 Å². The molecule has 2 heterocycles. The zero-order chi connectivity index (χ0) is 17.8. The molecule has 1 aliphatic heterocycles. The van der Waals surface area contributed by atoms with Crippen molar-refractivity contribution in [2.45, 2.75) is 39.3 Å². The molecule has 0 radical (unpaired) electrons. The first-order chi connectivity index (χ1) is 12.0. The van der Waals surface area contributed by atoms with Crippen molar-refractivity contribution in [1.82, 2.24) is 19.8 Å². The molecule has 6 heteroatoms. The molecule has 2 aromatic rings. The van der Waals surface area contributed by atoms with Gasteiger partial charge >= 0.3 is 0 Å². The lowest BCUT2D eigenvalue weighted by molar-refractivity contribution is -0.132. The number of benzene rings is 1. The van der Waals surface area contributed by atoms with Crippen LogP contribution in [-0.2, 0) is 11.3 Å². The van der Waals surface area contributed by atoms with Crippen LogP contribution in [0.15, 0.2) is 36.7 Å². The second-order valence-electron chi connectivity index (χ2n) is 6.55. The van der Waals surface area contributed by atoms with Gasteiger partial charge in [-0.2, -0.15) is 0 Å². The number of aromatic nitrogens is 2. The number of imidazole rings is 1. The van der Waals surface area contributed by atoms with E-state index in [2.05, 4.69) is 10.3 Å². The Kier molecular flexibility index (Phi) is 5.16. The van der Waals surface area contributed by atoms with E-state index in [0.29, 0.717) is 19.6 Å². The van der Waals surface area contributed by atoms with Gasteiger partial charge in [-0.3, -0.25) is 9.59 Å². The van der Waals surface area contributed by atoms with E-state index in [1.54, 1.807) is 6.20 Å². The molecule has 1 N–H and O–H groups in total. The minimum absolute atomic E-state index is 0.0306. The monoisotopic (exact) mass is 340 g/mol. The summed E-state index contributed by atoms with van der Waals surface area (Å²) in [6, 6.07) is 7.70. The maximum absolute atomic E-state index is 12.4. The Balaban J connectivity index is 1.50. The minimum atomic E-state index is -0.0306. The number of hydrogen-bond donors (Lipinski definition) is 1. The molecule has 1 aromatic heterocycles. The molecule has 25 heavy (non-hydrogen) atoms. The van der Waals surface area contributed by atoms with Crippen molar-refractivity contribution in [1.29, 1.82) is 0 Å². The molecule has 1 aromatic carbocycles. The number of carbonyl (C=O) groups excluding carboxylic acids is 2. The van der Waals surface area contributed by atoms with Crippen LogP contribution in [0.2, 0.25) is 0 Å². The van der Waals surface area contributed by atoms with Gasteiger partial charge in [0.1, 0.15) is 12.4 Å². The normalized spacial score (nSPS) is 15.2. The molecule has 1 aliphatic rings. The Hall–Kier alpha value is -2.63. The number of amides is 2. The third-order valence-electron chi connectivity index (χ3n) is 4.80. The average molecular weight is 340 g/mol. The number of nitrogens with one attached hydrogen (secondary N) is 1. The van der Waals surface area contributed by atoms with Crippen LogP contribution in [0.4, 0.5) is 0 Å². The lowest BCUT2D eigenvalue weighted by Gasteiger charge is -2.32. The second-order valence-corrected chi connectivity index (χ2v) is 6.55. The number of nitrogens with zero attached hydrogens (tertiary/aromatic N) is 3. The van der Waals surface area contributed by atoms with Gasteiger partial charge in [-0.1, -0.05) is 18.2 Å². The standard InChI is InChI=1S/C19H24N4O2/c1-14-5-3-4-6-17(14)19(25)21-16-7-10-22(11-8-16)18(24)13-23-12-9-20-15(23)2/h3-6,9,12,16H,7-8,10-11,13H2,1-2H3,(H,21,25). The predicted molar refractivity (Wildman–Crippen MR) is 95.2 cm³/mol. The first-order valence-corrected chi connectivity index (χ1v) is 8.66. The summed E-state index contributed by atoms with van der Waals surface area (Å²) in [4.78, 5) is 30.8. The highest BCUT2D eigenvalue weighted by molar-refractivity contribution is 5.95. The van der Waals surface area contributed by atoms with Crippen molar-refractivity contribution >= 4 is 11.8 Å². The van der Waals surface area contributed by atoms with Gasteiger partial charge in [0.25, 0.3) is 5.91 Å². The summed E-state index contributed by atoms with van der Waals surface area (Å²) in [5, 5.41) is 3.10. The van der Waals surface area contributed by atoms with Crippen LogP contribution in [-0.4, -0.2) is 45.4 Å². The predicted octanol–water partition coefficient (Wildman–Crippen LogP) is 1.92. The van der Waals surface area contributed by atoms with Crippen molar-refractivity contribution < 1.29 is 9.59 Å². The molecule has 3 rings (SSSR count). The molecule has 2 amide bonds. The quantitative estimate of drug-likeness (QED) is 0.925. The summed E-state index contributed by atoms with van der Waals surface area (Å²) >= 11 is 0. The molecule has 0 atom stereocenters. The van der Waals surface area contributed by atoms with E-state index in [1.165, 1.54) is 0 Å². The Morgan fingerprint density at radius 3 is 2.56 bits per heavy atom. The summed E-state index contributed by atoms with van der Waals surface area (Å²) < 4.78 is 1.86. The topological polar surface area (TPSA) is 67.2 Å². The summed E-state index contributed by atoms with van der Waals surface area (Å²) in [7, 11) is 0. The number of rotatable bonds is 4. The van der Waals surface area contributed by atoms with E-state index in [0.717, 1.165) is 29.8 Å². The van der Waals surface area contributed by atoms with Crippen LogP contribution in [0.3, 0.4) is 0 Å². The van der Waals surface area contributed by atoms with E-state index >= 15 is 0 Å². The highest BCUT2D eigenvalue weighted by Gasteiger charge is 2.24. The largest absolute Gasteiger partial charge is 0.349 e. The van der Waals surface area contributed by atoms with E-state index in [4.69, 9.17) is 0 Å². The fraction of sp³-hybridized carbons (Fsp3) is 0.421. The Morgan fingerprint density at radius 2 is 1.92 bits per heavy atom. The lowest BCUT2D eigenvalue weighted by atomic mass is 10.0. The van der Waals surface area contributed by atoms with Gasteiger partial charge in [0.15, 0.2) is 0 Å². The van der Waals surface area contributed by atoms with E-state index < -0.39 is 0 Å². The van der Waals surface area contributed by atoms with E-state index in [1.807, 2.05) is 53.8 Å². The molecule has 0 spiro atoms. The zero-order valence-corrected chi connectivity index (χ0v) is 14.7. The average Bonchev–Trinajstić information content (AvgIpc) is 3.00. The van der Waals surface area contributed by atoms with E-state index in [9.17, 15) is 9.59 Å². The van der Waals surface area contributed by atoms with Crippen LogP contribution in [0, 0.1) is 13.8 Å².